The van der Waals surface area contributed by atoms with Crippen molar-refractivity contribution in [2.45, 2.75) is 82.0 Å². The van der Waals surface area contributed by atoms with Gasteiger partial charge in [0.1, 0.15) is 6.61 Å². The predicted molar refractivity (Wildman–Crippen MR) is 136 cm³/mol. The summed E-state index contributed by atoms with van der Waals surface area (Å²) in [7, 11) is 0. The van der Waals surface area contributed by atoms with Crippen LogP contribution in [0.1, 0.15) is 64.7 Å². The number of anilines is 1. The molecular weight excluding hydrogens is 456 g/mol. The largest absolute Gasteiger partial charge is 0.458 e. The molecule has 1 heterocycles. The lowest BCUT2D eigenvalue weighted by atomic mass is 9.41. The zero-order valence-electron chi connectivity index (χ0n) is 21.0. The molecule has 5 unspecified atom stereocenters. The van der Waals surface area contributed by atoms with Gasteiger partial charge in [0.05, 0.1) is 23.0 Å². The summed E-state index contributed by atoms with van der Waals surface area (Å²) in [6, 6.07) is 9.77. The number of aliphatic hydroxyl groups excluding tert-OH is 1. The number of para-hydroxylation sites is 1. The third-order valence-electron chi connectivity index (χ3n) is 10.9. The molecule has 4 aliphatic carbocycles. The molecule has 0 saturated heterocycles. The van der Waals surface area contributed by atoms with E-state index in [1.165, 1.54) is 0 Å². The van der Waals surface area contributed by atoms with Crippen LogP contribution < -0.4 is 5.43 Å². The van der Waals surface area contributed by atoms with Crippen molar-refractivity contribution in [3.8, 4) is 0 Å². The summed E-state index contributed by atoms with van der Waals surface area (Å²) in [4.78, 5) is 11.8. The molecule has 36 heavy (non-hydrogen) atoms. The van der Waals surface area contributed by atoms with E-state index >= 15 is 0 Å². The summed E-state index contributed by atoms with van der Waals surface area (Å²) in [6.45, 7) is 2.54. The number of rotatable bonds is 4. The van der Waals surface area contributed by atoms with Crippen LogP contribution in [0.4, 0.5) is 5.69 Å². The second kappa shape index (κ2) is 8.40. The zero-order chi connectivity index (χ0) is 25.2. The number of fused-ring (bicyclic) bond motifs is 5. The van der Waals surface area contributed by atoms with Gasteiger partial charge >= 0.3 is 5.97 Å². The van der Waals surface area contributed by atoms with Crippen LogP contribution in [0.25, 0.3) is 0 Å². The van der Waals surface area contributed by atoms with E-state index in [0.717, 1.165) is 36.9 Å². The van der Waals surface area contributed by atoms with Crippen molar-refractivity contribution >= 4 is 17.9 Å². The monoisotopic (exact) mass is 494 g/mol. The number of nitrogens with one attached hydrogen (secondary N) is 1. The maximum atomic E-state index is 12.5. The van der Waals surface area contributed by atoms with Gasteiger partial charge < -0.3 is 20.1 Å². The summed E-state index contributed by atoms with van der Waals surface area (Å²) < 4.78 is 5.24. The number of nitrogens with zero attached hydrogens (tertiary/aromatic N) is 1. The minimum atomic E-state index is -1.05. The minimum Gasteiger partial charge on any atom is -0.458 e. The van der Waals surface area contributed by atoms with Crippen molar-refractivity contribution in [2.75, 3.05) is 12.0 Å². The van der Waals surface area contributed by atoms with E-state index in [1.807, 2.05) is 36.5 Å². The van der Waals surface area contributed by atoms with Gasteiger partial charge in [0.15, 0.2) is 0 Å². The molecule has 0 spiro atoms. The van der Waals surface area contributed by atoms with Gasteiger partial charge in [-0.25, -0.2) is 4.79 Å². The van der Waals surface area contributed by atoms with Crippen molar-refractivity contribution in [2.24, 2.45) is 33.7 Å². The number of carbonyl (C=O) groups excluding carboxylic acids is 1. The maximum absolute atomic E-state index is 12.5. The number of esters is 1. The average molecular weight is 495 g/mol. The molecular formula is C29H38N2O5. The Kier molecular flexibility index (Phi) is 5.63. The Labute approximate surface area is 212 Å². The van der Waals surface area contributed by atoms with Gasteiger partial charge in [-0.3, -0.25) is 5.43 Å². The quantitative estimate of drug-likeness (QED) is 0.288. The maximum Gasteiger partial charge on any atom is 0.331 e. The number of ether oxygens (including phenoxy) is 1. The first-order valence-electron chi connectivity index (χ1n) is 13.6. The zero-order valence-corrected chi connectivity index (χ0v) is 21.0. The first kappa shape index (κ1) is 24.1. The number of hydrazone groups is 1. The van der Waals surface area contributed by atoms with Crippen molar-refractivity contribution < 1.29 is 24.9 Å². The lowest BCUT2D eigenvalue weighted by Crippen LogP contribution is -2.68. The van der Waals surface area contributed by atoms with E-state index in [4.69, 9.17) is 4.74 Å². The van der Waals surface area contributed by atoms with Crippen molar-refractivity contribution in [1.82, 2.24) is 0 Å². The summed E-state index contributed by atoms with van der Waals surface area (Å²) in [5, 5.41) is 39.7. The molecule has 7 heteroatoms. The number of aliphatic hydroxyl groups is 3. The summed E-state index contributed by atoms with van der Waals surface area (Å²) in [5.41, 5.74) is 2.16. The molecule has 5 aliphatic rings. The molecule has 4 N–H and O–H groups in total. The van der Waals surface area contributed by atoms with Crippen molar-refractivity contribution in [3.05, 3.63) is 42.0 Å². The number of hydrogen-bond acceptors (Lipinski definition) is 7. The third-order valence-corrected chi connectivity index (χ3v) is 10.9. The molecule has 1 aromatic rings. The Morgan fingerprint density at radius 3 is 2.56 bits per heavy atom. The fourth-order valence-corrected chi connectivity index (χ4v) is 9.10. The Hall–Kier alpha value is -2.22. The molecule has 8 atom stereocenters. The molecule has 0 bridgehead atoms. The van der Waals surface area contributed by atoms with Crippen LogP contribution >= 0.6 is 0 Å². The summed E-state index contributed by atoms with van der Waals surface area (Å²) >= 11 is 0. The van der Waals surface area contributed by atoms with Crippen LogP contribution in [-0.2, 0) is 9.53 Å². The molecule has 6 rings (SSSR count). The predicted octanol–water partition coefficient (Wildman–Crippen LogP) is 3.80. The standard InChI is InChI=1S/C29H38N2O5/c1-26-11-8-23-24(29(26,35)14-10-22(26)19-15-25(33)36-17-19)9-13-28(34)16-21(32)7-12-27(23,28)18-30-31-20-5-3-2-4-6-20/h2-6,15,18,21-24,31-32,34-35H,7-14,16-17H2,1H3/t21-,22?,23+,24-,26?,27?,28?,29?/m1/s1. The van der Waals surface area contributed by atoms with E-state index in [0.29, 0.717) is 38.7 Å². The van der Waals surface area contributed by atoms with Gasteiger partial charge in [0.2, 0.25) is 0 Å². The second-order valence-electron chi connectivity index (χ2n) is 12.3. The smallest absolute Gasteiger partial charge is 0.331 e. The van der Waals surface area contributed by atoms with Gasteiger partial charge in [-0.1, -0.05) is 25.1 Å². The van der Waals surface area contributed by atoms with Crippen LogP contribution in [0, 0.1) is 28.6 Å². The van der Waals surface area contributed by atoms with Gasteiger partial charge in [-0.15, -0.1) is 0 Å². The molecule has 0 aromatic heterocycles. The summed E-state index contributed by atoms with van der Waals surface area (Å²) in [5.74, 6) is -0.0496. The number of benzene rings is 1. The Bertz CT molecular complexity index is 1090. The highest BCUT2D eigenvalue weighted by molar-refractivity contribution is 5.85. The number of cyclic esters (lactones) is 1. The van der Waals surface area contributed by atoms with Crippen LogP contribution in [-0.4, -0.2) is 51.4 Å². The Morgan fingerprint density at radius 1 is 1.03 bits per heavy atom. The van der Waals surface area contributed by atoms with Crippen LogP contribution in [0.15, 0.2) is 47.1 Å². The molecule has 0 radical (unpaired) electrons. The first-order valence-corrected chi connectivity index (χ1v) is 13.6. The first-order chi connectivity index (χ1) is 17.2. The van der Waals surface area contributed by atoms with Crippen molar-refractivity contribution in [3.63, 3.8) is 0 Å². The third kappa shape index (κ3) is 3.35. The van der Waals surface area contributed by atoms with E-state index in [-0.39, 0.29) is 29.1 Å². The molecule has 7 nitrogen and oxygen atoms in total. The van der Waals surface area contributed by atoms with Crippen LogP contribution in [0.3, 0.4) is 0 Å². The van der Waals surface area contributed by atoms with Crippen molar-refractivity contribution in [1.29, 1.82) is 0 Å². The Morgan fingerprint density at radius 2 is 1.81 bits per heavy atom. The van der Waals surface area contributed by atoms with E-state index < -0.39 is 22.7 Å². The molecule has 4 fully saturated rings. The molecule has 0 amide bonds. The lowest BCUT2D eigenvalue weighted by Gasteiger charge is -2.65. The highest BCUT2D eigenvalue weighted by atomic mass is 16.5. The minimum absolute atomic E-state index is 0.0265. The van der Waals surface area contributed by atoms with Gasteiger partial charge in [0.25, 0.3) is 0 Å². The molecule has 4 saturated carbocycles. The number of carbonyl (C=O) groups is 1. The topological polar surface area (TPSA) is 111 Å². The van der Waals surface area contributed by atoms with Gasteiger partial charge in [-0.2, -0.15) is 5.10 Å². The highest BCUT2D eigenvalue weighted by Gasteiger charge is 2.71. The van der Waals surface area contributed by atoms with E-state index in [1.54, 1.807) is 6.08 Å². The van der Waals surface area contributed by atoms with Crippen LogP contribution in [0.2, 0.25) is 0 Å². The van der Waals surface area contributed by atoms with Gasteiger partial charge in [-0.05, 0) is 86.8 Å². The fourth-order valence-electron chi connectivity index (χ4n) is 9.10. The normalized spacial score (nSPS) is 46.0. The SMILES string of the molecule is CC12CC[C@H]3[C@@H](CCC4(O)C[C@H](O)CCC34C=NNc3ccccc3)C1(O)CCC2C1=CC(=O)OC1. The van der Waals surface area contributed by atoms with E-state index in [2.05, 4.69) is 17.5 Å². The average Bonchev–Trinajstić information content (AvgIpc) is 3.40. The molecule has 1 aromatic carbocycles. The Balaban J connectivity index is 1.35. The fraction of sp³-hybridized carbons (Fsp3) is 0.655. The molecule has 194 valence electrons. The molecule has 1 aliphatic heterocycles. The van der Waals surface area contributed by atoms with Gasteiger partial charge in [0, 0.05) is 29.5 Å². The van der Waals surface area contributed by atoms with Crippen LogP contribution in [0.5, 0.6) is 0 Å². The number of hydrogen-bond donors (Lipinski definition) is 4. The highest BCUT2D eigenvalue weighted by Crippen LogP contribution is 2.70. The second-order valence-corrected chi connectivity index (χ2v) is 12.3. The summed E-state index contributed by atoms with van der Waals surface area (Å²) in [6.07, 6.45) is 9.15. The van der Waals surface area contributed by atoms with E-state index in [9.17, 15) is 20.1 Å². The lowest BCUT2D eigenvalue weighted by molar-refractivity contribution is -0.237.